The van der Waals surface area contributed by atoms with E-state index in [1.54, 1.807) is 30.1 Å². The van der Waals surface area contributed by atoms with Crippen LogP contribution in [0.3, 0.4) is 0 Å². The van der Waals surface area contributed by atoms with Crippen molar-refractivity contribution in [2.45, 2.75) is 13.0 Å². The molecule has 0 fully saturated rings. The molecule has 0 saturated heterocycles. The maximum absolute atomic E-state index is 12.1. The lowest BCUT2D eigenvalue weighted by Crippen LogP contribution is -2.29. The van der Waals surface area contributed by atoms with Gasteiger partial charge in [-0.15, -0.1) is 0 Å². The van der Waals surface area contributed by atoms with Crippen molar-refractivity contribution >= 4 is 11.9 Å². The van der Waals surface area contributed by atoms with Gasteiger partial charge in [0.05, 0.1) is 13.0 Å². The number of hydrogen-bond donors (Lipinski definition) is 1. The van der Waals surface area contributed by atoms with E-state index < -0.39 is 5.97 Å². The minimum atomic E-state index is -0.913. The molecule has 6 nitrogen and oxygen atoms in total. The van der Waals surface area contributed by atoms with E-state index in [9.17, 15) is 9.59 Å². The van der Waals surface area contributed by atoms with E-state index in [1.807, 2.05) is 24.4 Å². The number of aliphatic carboxylic acids is 1. The van der Waals surface area contributed by atoms with Crippen LogP contribution < -0.4 is 0 Å². The van der Waals surface area contributed by atoms with E-state index in [1.165, 1.54) is 4.90 Å². The van der Waals surface area contributed by atoms with Crippen molar-refractivity contribution in [1.29, 1.82) is 0 Å². The topological polar surface area (TPSA) is 75.4 Å². The molecule has 2 rings (SSSR count). The Balaban J connectivity index is 1.97. The van der Waals surface area contributed by atoms with Gasteiger partial charge in [-0.1, -0.05) is 12.1 Å². The van der Waals surface area contributed by atoms with E-state index in [2.05, 4.69) is 5.10 Å². The summed E-state index contributed by atoms with van der Waals surface area (Å²) in [6, 6.07) is 9.10. The number of carbonyl (C=O) groups excluding carboxylic acids is 1. The number of nitrogens with zero attached hydrogens (tertiary/aromatic N) is 3. The summed E-state index contributed by atoms with van der Waals surface area (Å²) >= 11 is 0. The zero-order valence-corrected chi connectivity index (χ0v) is 11.8. The van der Waals surface area contributed by atoms with Crippen molar-refractivity contribution in [1.82, 2.24) is 14.7 Å². The highest BCUT2D eigenvalue weighted by Gasteiger charge is 2.12. The second-order valence-electron chi connectivity index (χ2n) is 4.77. The largest absolute Gasteiger partial charge is 0.481 e. The molecule has 6 heteroatoms. The Labute approximate surface area is 122 Å². The number of aromatic nitrogens is 2. The van der Waals surface area contributed by atoms with Crippen molar-refractivity contribution in [2.75, 3.05) is 13.6 Å². The van der Waals surface area contributed by atoms with Gasteiger partial charge in [-0.05, 0) is 23.8 Å². The van der Waals surface area contributed by atoms with Crippen LogP contribution in [-0.2, 0) is 11.3 Å². The van der Waals surface area contributed by atoms with Crippen LogP contribution in [0.4, 0.5) is 0 Å². The van der Waals surface area contributed by atoms with Gasteiger partial charge in [0.15, 0.2) is 0 Å². The highest BCUT2D eigenvalue weighted by molar-refractivity contribution is 5.94. The summed E-state index contributed by atoms with van der Waals surface area (Å²) < 4.78 is 1.80. The number of rotatable bonds is 6. The summed E-state index contributed by atoms with van der Waals surface area (Å²) in [7, 11) is 1.60. The SMILES string of the molecule is CN(CCC(=O)O)C(=O)c1ccc(Cn2cccn2)cc1. The first-order chi connectivity index (χ1) is 10.1. The third-order valence-electron chi connectivity index (χ3n) is 3.11. The molecular formula is C15H17N3O3. The van der Waals surface area contributed by atoms with Crippen molar-refractivity contribution < 1.29 is 14.7 Å². The zero-order chi connectivity index (χ0) is 15.2. The fourth-order valence-corrected chi connectivity index (χ4v) is 1.92. The summed E-state index contributed by atoms with van der Waals surface area (Å²) in [4.78, 5) is 24.0. The van der Waals surface area contributed by atoms with Gasteiger partial charge in [0.2, 0.25) is 0 Å². The first-order valence-electron chi connectivity index (χ1n) is 6.60. The molecule has 0 radical (unpaired) electrons. The predicted molar refractivity (Wildman–Crippen MR) is 77.0 cm³/mol. The lowest BCUT2D eigenvalue weighted by molar-refractivity contribution is -0.137. The lowest BCUT2D eigenvalue weighted by atomic mass is 10.1. The highest BCUT2D eigenvalue weighted by Crippen LogP contribution is 2.08. The normalized spacial score (nSPS) is 10.3. The molecule has 21 heavy (non-hydrogen) atoms. The number of benzene rings is 1. The van der Waals surface area contributed by atoms with Gasteiger partial charge in [0.25, 0.3) is 5.91 Å². The minimum Gasteiger partial charge on any atom is -0.481 e. The van der Waals surface area contributed by atoms with Gasteiger partial charge >= 0.3 is 5.97 Å². The van der Waals surface area contributed by atoms with Crippen LogP contribution in [-0.4, -0.2) is 45.3 Å². The predicted octanol–water partition coefficient (Wildman–Crippen LogP) is 1.48. The Hall–Kier alpha value is -2.63. The van der Waals surface area contributed by atoms with Gasteiger partial charge in [0.1, 0.15) is 0 Å². The molecule has 0 saturated carbocycles. The lowest BCUT2D eigenvalue weighted by Gasteiger charge is -2.16. The molecule has 0 spiro atoms. The average Bonchev–Trinajstić information content (AvgIpc) is 2.97. The number of carbonyl (C=O) groups is 2. The van der Waals surface area contributed by atoms with Gasteiger partial charge in [0, 0.05) is 31.5 Å². The van der Waals surface area contributed by atoms with Crippen LogP contribution in [0.2, 0.25) is 0 Å². The van der Waals surface area contributed by atoms with Crippen molar-refractivity contribution in [3.05, 3.63) is 53.9 Å². The fraction of sp³-hybridized carbons (Fsp3) is 0.267. The second kappa shape index (κ2) is 6.69. The Kier molecular flexibility index (Phi) is 4.71. The van der Waals surface area contributed by atoms with Crippen molar-refractivity contribution in [3.8, 4) is 0 Å². The minimum absolute atomic E-state index is 0.0559. The fourth-order valence-electron chi connectivity index (χ4n) is 1.92. The first-order valence-corrected chi connectivity index (χ1v) is 6.60. The van der Waals surface area contributed by atoms with Crippen LogP contribution in [0, 0.1) is 0 Å². The maximum Gasteiger partial charge on any atom is 0.305 e. The summed E-state index contributed by atoms with van der Waals surface area (Å²) in [5.74, 6) is -1.09. The molecule has 0 aliphatic rings. The quantitative estimate of drug-likeness (QED) is 0.873. The standard InChI is InChI=1S/C15H17N3O3/c1-17(10-7-14(19)20)15(21)13-5-3-12(4-6-13)11-18-9-2-8-16-18/h2-6,8-9H,7,10-11H2,1H3,(H,19,20). The van der Waals surface area contributed by atoms with E-state index in [0.29, 0.717) is 12.1 Å². The van der Waals surface area contributed by atoms with E-state index in [0.717, 1.165) is 5.56 Å². The Morgan fingerprint density at radius 3 is 2.57 bits per heavy atom. The van der Waals surface area contributed by atoms with Crippen molar-refractivity contribution in [2.24, 2.45) is 0 Å². The van der Waals surface area contributed by atoms with E-state index in [4.69, 9.17) is 5.11 Å². The van der Waals surface area contributed by atoms with Crippen LogP contribution >= 0.6 is 0 Å². The molecule has 0 atom stereocenters. The van der Waals surface area contributed by atoms with Crippen LogP contribution in [0.5, 0.6) is 0 Å². The number of amides is 1. The monoisotopic (exact) mass is 287 g/mol. The molecule has 1 heterocycles. The van der Waals surface area contributed by atoms with Gasteiger partial charge < -0.3 is 10.0 Å². The summed E-state index contributed by atoms with van der Waals surface area (Å²) in [6.45, 7) is 0.847. The highest BCUT2D eigenvalue weighted by atomic mass is 16.4. The molecule has 110 valence electrons. The number of carboxylic acids is 1. The molecule has 0 unspecified atom stereocenters. The molecule has 1 aromatic heterocycles. The zero-order valence-electron chi connectivity index (χ0n) is 11.8. The molecule has 1 aromatic carbocycles. The molecular weight excluding hydrogens is 270 g/mol. The van der Waals surface area contributed by atoms with Gasteiger partial charge in [-0.2, -0.15) is 5.10 Å². The Morgan fingerprint density at radius 2 is 2.00 bits per heavy atom. The third kappa shape index (κ3) is 4.17. The smallest absolute Gasteiger partial charge is 0.305 e. The Bertz CT molecular complexity index is 606. The molecule has 1 N–H and O–H groups in total. The molecule has 0 bridgehead atoms. The van der Waals surface area contributed by atoms with Crippen LogP contribution in [0.15, 0.2) is 42.7 Å². The first kappa shape index (κ1) is 14.8. The van der Waals surface area contributed by atoms with Gasteiger partial charge in [-0.3, -0.25) is 14.3 Å². The molecule has 2 aromatic rings. The Morgan fingerprint density at radius 1 is 1.29 bits per heavy atom. The van der Waals surface area contributed by atoms with E-state index >= 15 is 0 Å². The van der Waals surface area contributed by atoms with Crippen molar-refractivity contribution in [3.63, 3.8) is 0 Å². The van der Waals surface area contributed by atoms with Crippen LogP contribution in [0.1, 0.15) is 22.3 Å². The average molecular weight is 287 g/mol. The summed E-state index contributed by atoms with van der Waals surface area (Å²) in [5, 5.41) is 12.8. The third-order valence-corrected chi connectivity index (χ3v) is 3.11. The number of hydrogen-bond acceptors (Lipinski definition) is 3. The second-order valence-corrected chi connectivity index (χ2v) is 4.77. The summed E-state index contributed by atoms with van der Waals surface area (Å²) in [6.07, 6.45) is 3.54. The summed E-state index contributed by atoms with van der Waals surface area (Å²) in [5.41, 5.74) is 1.59. The maximum atomic E-state index is 12.1. The van der Waals surface area contributed by atoms with E-state index in [-0.39, 0.29) is 18.9 Å². The van der Waals surface area contributed by atoms with Gasteiger partial charge in [-0.25, -0.2) is 0 Å². The molecule has 0 aliphatic heterocycles. The number of carboxylic acid groups (broad SMARTS) is 1. The molecule has 1 amide bonds. The van der Waals surface area contributed by atoms with Crippen LogP contribution in [0.25, 0.3) is 0 Å². The molecule has 0 aliphatic carbocycles.